The summed E-state index contributed by atoms with van der Waals surface area (Å²) in [6.45, 7) is 3.34. The van der Waals surface area contributed by atoms with Crippen molar-refractivity contribution < 1.29 is 19.1 Å². The molecule has 1 saturated heterocycles. The highest BCUT2D eigenvalue weighted by atomic mass is 16.5. The first-order valence-corrected chi connectivity index (χ1v) is 7.82. The van der Waals surface area contributed by atoms with E-state index >= 15 is 0 Å². The first-order valence-electron chi connectivity index (χ1n) is 7.82. The van der Waals surface area contributed by atoms with Crippen molar-refractivity contribution in [2.75, 3.05) is 20.2 Å². The zero-order valence-electron chi connectivity index (χ0n) is 13.8. The summed E-state index contributed by atoms with van der Waals surface area (Å²) in [5.41, 5.74) is 3.34. The summed E-state index contributed by atoms with van der Waals surface area (Å²) in [7, 11) is 1.31. The lowest BCUT2D eigenvalue weighted by molar-refractivity contribution is -0.146. The summed E-state index contributed by atoms with van der Waals surface area (Å²) < 4.78 is 4.61. The fourth-order valence-electron chi connectivity index (χ4n) is 2.39. The second-order valence-electron chi connectivity index (χ2n) is 5.79. The summed E-state index contributed by atoms with van der Waals surface area (Å²) in [6.07, 6.45) is 3.23. The quantitative estimate of drug-likeness (QED) is 0.390. The van der Waals surface area contributed by atoms with Gasteiger partial charge in [0.1, 0.15) is 0 Å². The van der Waals surface area contributed by atoms with Crippen LogP contribution in [0.5, 0.6) is 0 Å². The van der Waals surface area contributed by atoms with Crippen LogP contribution in [-0.4, -0.2) is 49.1 Å². The summed E-state index contributed by atoms with van der Waals surface area (Å²) in [4.78, 5) is 36.7. The van der Waals surface area contributed by atoms with E-state index in [0.717, 1.165) is 12.8 Å². The molecule has 7 heteroatoms. The van der Waals surface area contributed by atoms with Crippen LogP contribution in [0.4, 0.5) is 0 Å². The maximum absolute atomic E-state index is 12.0. The van der Waals surface area contributed by atoms with Gasteiger partial charge < -0.3 is 9.64 Å². The fraction of sp³-hybridized carbons (Fsp3) is 0.412. The third-order valence-electron chi connectivity index (χ3n) is 3.98. The molecule has 0 spiro atoms. The number of piperidine rings is 1. The van der Waals surface area contributed by atoms with Gasteiger partial charge in [0.25, 0.3) is 0 Å². The van der Waals surface area contributed by atoms with Crippen molar-refractivity contribution in [2.24, 2.45) is 11.0 Å². The number of amides is 2. The third kappa shape index (κ3) is 4.65. The molecule has 2 rings (SSSR count). The van der Waals surface area contributed by atoms with Gasteiger partial charge in [0, 0.05) is 13.1 Å². The van der Waals surface area contributed by atoms with Gasteiger partial charge in [-0.2, -0.15) is 5.10 Å². The maximum Gasteiger partial charge on any atom is 0.337 e. The Hall–Kier alpha value is -2.70. The molecule has 1 aromatic carbocycles. The second kappa shape index (κ2) is 8.24. The smallest absolute Gasteiger partial charge is 0.337 e. The molecule has 0 aromatic heterocycles. The molecule has 0 radical (unpaired) electrons. The van der Waals surface area contributed by atoms with Gasteiger partial charge >= 0.3 is 17.8 Å². The van der Waals surface area contributed by atoms with Gasteiger partial charge in [0.15, 0.2) is 0 Å². The molecular formula is C17H21N3O4. The largest absolute Gasteiger partial charge is 0.465 e. The molecule has 0 bridgehead atoms. The minimum Gasteiger partial charge on any atom is -0.465 e. The number of likely N-dealkylation sites (tertiary alicyclic amines) is 1. The van der Waals surface area contributed by atoms with E-state index in [1.54, 1.807) is 29.2 Å². The monoisotopic (exact) mass is 331 g/mol. The lowest BCUT2D eigenvalue weighted by Gasteiger charge is -2.29. The summed E-state index contributed by atoms with van der Waals surface area (Å²) in [5.74, 6) is -1.14. The number of methoxy groups -OCH3 is 1. The molecule has 0 aliphatic carbocycles. The number of benzene rings is 1. The molecule has 0 unspecified atom stereocenters. The van der Waals surface area contributed by atoms with Gasteiger partial charge in [-0.25, -0.2) is 10.2 Å². The molecule has 0 atom stereocenters. The highest BCUT2D eigenvalue weighted by Crippen LogP contribution is 2.15. The van der Waals surface area contributed by atoms with Gasteiger partial charge in [0.2, 0.25) is 0 Å². The van der Waals surface area contributed by atoms with Gasteiger partial charge in [0.05, 0.1) is 18.9 Å². The number of carbonyl (C=O) groups is 3. The van der Waals surface area contributed by atoms with Crippen LogP contribution in [0.1, 0.15) is 35.7 Å². The molecular weight excluding hydrogens is 310 g/mol. The van der Waals surface area contributed by atoms with Crippen molar-refractivity contribution in [1.29, 1.82) is 0 Å². The Morgan fingerprint density at radius 3 is 2.42 bits per heavy atom. The number of esters is 1. The molecule has 24 heavy (non-hydrogen) atoms. The van der Waals surface area contributed by atoms with Gasteiger partial charge in [-0.3, -0.25) is 9.59 Å². The number of carbonyl (C=O) groups excluding carboxylic acids is 3. The van der Waals surface area contributed by atoms with Crippen LogP contribution in [0.2, 0.25) is 0 Å². The first kappa shape index (κ1) is 17.7. The van der Waals surface area contributed by atoms with Gasteiger partial charge in [-0.1, -0.05) is 19.1 Å². The third-order valence-corrected chi connectivity index (χ3v) is 3.98. The van der Waals surface area contributed by atoms with Crippen LogP contribution < -0.4 is 5.43 Å². The van der Waals surface area contributed by atoms with Crippen LogP contribution >= 0.6 is 0 Å². The molecule has 1 aromatic rings. The van der Waals surface area contributed by atoms with Crippen molar-refractivity contribution in [3.05, 3.63) is 35.4 Å². The van der Waals surface area contributed by atoms with Gasteiger partial charge in [-0.05, 0) is 36.5 Å². The molecule has 1 N–H and O–H groups in total. The van der Waals surface area contributed by atoms with Crippen molar-refractivity contribution in [2.45, 2.75) is 19.8 Å². The average molecular weight is 331 g/mol. The average Bonchev–Trinajstić information content (AvgIpc) is 2.61. The molecule has 1 heterocycles. The molecule has 128 valence electrons. The minimum absolute atomic E-state index is 0.423. The summed E-state index contributed by atoms with van der Waals surface area (Å²) in [6, 6.07) is 6.51. The van der Waals surface area contributed by atoms with Crippen molar-refractivity contribution >= 4 is 24.0 Å². The maximum atomic E-state index is 12.0. The van der Waals surface area contributed by atoms with Crippen LogP contribution in [0, 0.1) is 5.92 Å². The Bertz CT molecular complexity index is 632. The predicted octanol–water partition coefficient (Wildman–Crippen LogP) is 1.18. The molecule has 2 amide bonds. The number of hydrogen-bond donors (Lipinski definition) is 1. The topological polar surface area (TPSA) is 88.1 Å². The van der Waals surface area contributed by atoms with Crippen molar-refractivity contribution in [1.82, 2.24) is 10.3 Å². The first-order chi connectivity index (χ1) is 11.5. The highest BCUT2D eigenvalue weighted by Gasteiger charge is 2.25. The van der Waals surface area contributed by atoms with E-state index in [9.17, 15) is 14.4 Å². The molecule has 7 nitrogen and oxygen atoms in total. The standard InChI is InChI=1S/C17H21N3O4/c1-12-7-9-20(10-8-12)16(22)15(21)19-18-11-13-3-5-14(6-4-13)17(23)24-2/h3-6,11-12H,7-10H2,1-2H3,(H,19,21)/b18-11+. The Labute approximate surface area is 140 Å². The van der Waals surface area contributed by atoms with E-state index in [2.05, 4.69) is 22.2 Å². The predicted molar refractivity (Wildman–Crippen MR) is 88.5 cm³/mol. The number of nitrogens with zero attached hydrogens (tertiary/aromatic N) is 2. The lowest BCUT2D eigenvalue weighted by atomic mass is 9.99. The molecule has 0 saturated carbocycles. The normalized spacial score (nSPS) is 15.3. The Balaban J connectivity index is 1.85. The zero-order valence-corrected chi connectivity index (χ0v) is 13.8. The zero-order chi connectivity index (χ0) is 17.5. The van der Waals surface area contributed by atoms with E-state index in [1.807, 2.05) is 0 Å². The van der Waals surface area contributed by atoms with E-state index in [0.29, 0.717) is 30.1 Å². The van der Waals surface area contributed by atoms with Crippen LogP contribution in [0.15, 0.2) is 29.4 Å². The number of hydrazone groups is 1. The summed E-state index contributed by atoms with van der Waals surface area (Å²) >= 11 is 0. The van der Waals surface area contributed by atoms with E-state index in [1.165, 1.54) is 13.3 Å². The number of rotatable bonds is 3. The molecule has 1 fully saturated rings. The van der Waals surface area contributed by atoms with Gasteiger partial charge in [-0.15, -0.1) is 0 Å². The van der Waals surface area contributed by atoms with Crippen LogP contribution in [-0.2, 0) is 14.3 Å². The highest BCUT2D eigenvalue weighted by molar-refractivity contribution is 6.35. The Morgan fingerprint density at radius 2 is 1.83 bits per heavy atom. The lowest BCUT2D eigenvalue weighted by Crippen LogP contribution is -2.45. The van der Waals surface area contributed by atoms with E-state index < -0.39 is 17.8 Å². The van der Waals surface area contributed by atoms with E-state index in [-0.39, 0.29) is 0 Å². The van der Waals surface area contributed by atoms with E-state index in [4.69, 9.17) is 0 Å². The number of nitrogens with one attached hydrogen (secondary N) is 1. The van der Waals surface area contributed by atoms with Crippen LogP contribution in [0.25, 0.3) is 0 Å². The number of hydrogen-bond acceptors (Lipinski definition) is 5. The fourth-order valence-corrected chi connectivity index (χ4v) is 2.39. The Kier molecular flexibility index (Phi) is 6.06. The minimum atomic E-state index is -0.744. The molecule has 1 aliphatic heterocycles. The number of ether oxygens (including phenoxy) is 1. The van der Waals surface area contributed by atoms with Crippen molar-refractivity contribution in [3.63, 3.8) is 0 Å². The Morgan fingerprint density at radius 1 is 1.21 bits per heavy atom. The SMILES string of the molecule is COC(=O)c1ccc(/C=N/NC(=O)C(=O)N2CCC(C)CC2)cc1. The van der Waals surface area contributed by atoms with Crippen LogP contribution in [0.3, 0.4) is 0 Å². The van der Waals surface area contributed by atoms with Crippen molar-refractivity contribution in [3.8, 4) is 0 Å². The molecule has 1 aliphatic rings. The second-order valence-corrected chi connectivity index (χ2v) is 5.79. The summed E-state index contributed by atoms with van der Waals surface area (Å²) in [5, 5.41) is 3.78.